The van der Waals surface area contributed by atoms with Crippen molar-refractivity contribution >= 4 is 17.9 Å². The highest BCUT2D eigenvalue weighted by molar-refractivity contribution is 5.92. The van der Waals surface area contributed by atoms with E-state index in [4.69, 9.17) is 4.74 Å². The van der Waals surface area contributed by atoms with Crippen LogP contribution in [0.2, 0.25) is 0 Å². The monoisotopic (exact) mass is 361 g/mol. The summed E-state index contributed by atoms with van der Waals surface area (Å²) in [5.74, 6) is 0.318. The molecule has 2 aliphatic rings. The van der Waals surface area contributed by atoms with Gasteiger partial charge in [-0.25, -0.2) is 14.8 Å². The molecule has 1 aliphatic carbocycles. The second-order valence-electron chi connectivity index (χ2n) is 6.82. The highest BCUT2D eigenvalue weighted by Crippen LogP contribution is 2.20. The Balaban J connectivity index is 1.50. The van der Waals surface area contributed by atoms with Gasteiger partial charge in [-0.1, -0.05) is 12.8 Å². The average molecular weight is 361 g/mol. The van der Waals surface area contributed by atoms with E-state index >= 15 is 0 Å². The zero-order valence-corrected chi connectivity index (χ0v) is 15.2. The Labute approximate surface area is 153 Å². The van der Waals surface area contributed by atoms with Crippen molar-refractivity contribution in [1.29, 1.82) is 0 Å². The van der Waals surface area contributed by atoms with Gasteiger partial charge in [-0.3, -0.25) is 4.79 Å². The van der Waals surface area contributed by atoms with Gasteiger partial charge in [0.1, 0.15) is 5.69 Å². The third-order valence-electron chi connectivity index (χ3n) is 4.93. The lowest BCUT2D eigenvalue weighted by Crippen LogP contribution is -2.46. The zero-order chi connectivity index (χ0) is 18.4. The number of carbonyl (C=O) groups is 2. The third kappa shape index (κ3) is 4.83. The number of ether oxygens (including phenoxy) is 1. The van der Waals surface area contributed by atoms with Crippen LogP contribution in [-0.4, -0.2) is 58.6 Å². The van der Waals surface area contributed by atoms with Crippen LogP contribution < -0.4 is 10.6 Å². The van der Waals surface area contributed by atoms with Crippen molar-refractivity contribution in [3.05, 3.63) is 18.0 Å². The number of rotatable bonds is 5. The molecule has 2 N–H and O–H groups in total. The number of hydrogen-bond donors (Lipinski definition) is 2. The number of nitrogens with zero attached hydrogens (tertiary/aromatic N) is 3. The fraction of sp³-hybridized carbons (Fsp3) is 0.667. The molecule has 1 aromatic heterocycles. The predicted molar refractivity (Wildman–Crippen MR) is 97.0 cm³/mol. The molecular weight excluding hydrogens is 334 g/mol. The molecule has 2 fully saturated rings. The number of nitrogens with one attached hydrogen (secondary N) is 2. The minimum atomic E-state index is -0.282. The molecule has 2 amide bonds. The van der Waals surface area contributed by atoms with E-state index in [2.05, 4.69) is 20.6 Å². The molecule has 0 spiro atoms. The normalized spacial score (nSPS) is 18.6. The summed E-state index contributed by atoms with van der Waals surface area (Å²) in [4.78, 5) is 34.5. The first-order valence-corrected chi connectivity index (χ1v) is 9.48. The molecule has 142 valence electrons. The van der Waals surface area contributed by atoms with Crippen molar-refractivity contribution in [3.8, 4) is 0 Å². The van der Waals surface area contributed by atoms with Gasteiger partial charge in [-0.05, 0) is 38.7 Å². The van der Waals surface area contributed by atoms with Crippen LogP contribution in [0.1, 0.15) is 55.9 Å². The summed E-state index contributed by atoms with van der Waals surface area (Å²) in [7, 11) is 0. The van der Waals surface area contributed by atoms with Crippen molar-refractivity contribution in [1.82, 2.24) is 20.2 Å². The topological polar surface area (TPSA) is 96.5 Å². The maximum Gasteiger partial charge on any atom is 0.409 e. The molecule has 3 rings (SSSR count). The molecule has 26 heavy (non-hydrogen) atoms. The minimum Gasteiger partial charge on any atom is -0.450 e. The third-order valence-corrected chi connectivity index (χ3v) is 4.93. The Hall–Kier alpha value is -2.38. The first-order valence-electron chi connectivity index (χ1n) is 9.48. The first kappa shape index (κ1) is 18.4. The summed E-state index contributed by atoms with van der Waals surface area (Å²) >= 11 is 0. The molecule has 0 bridgehead atoms. The lowest BCUT2D eigenvalue weighted by molar-refractivity contribution is 0.0856. The van der Waals surface area contributed by atoms with Gasteiger partial charge < -0.3 is 20.3 Å². The maximum atomic E-state index is 12.5. The van der Waals surface area contributed by atoms with Crippen molar-refractivity contribution in [2.45, 2.75) is 57.5 Å². The van der Waals surface area contributed by atoms with Crippen molar-refractivity contribution < 1.29 is 14.3 Å². The largest absolute Gasteiger partial charge is 0.450 e. The van der Waals surface area contributed by atoms with Crippen LogP contribution in [-0.2, 0) is 4.74 Å². The second-order valence-corrected chi connectivity index (χ2v) is 6.82. The van der Waals surface area contributed by atoms with Gasteiger partial charge in [0.25, 0.3) is 5.91 Å². The quantitative estimate of drug-likeness (QED) is 0.834. The summed E-state index contributed by atoms with van der Waals surface area (Å²) in [6.07, 6.45) is 7.45. The lowest BCUT2D eigenvalue weighted by Gasteiger charge is -2.31. The Kier molecular flexibility index (Phi) is 6.25. The van der Waals surface area contributed by atoms with Crippen LogP contribution in [0.25, 0.3) is 0 Å². The van der Waals surface area contributed by atoms with E-state index in [0.717, 1.165) is 12.8 Å². The van der Waals surface area contributed by atoms with Crippen molar-refractivity contribution in [3.63, 3.8) is 0 Å². The van der Waals surface area contributed by atoms with Crippen LogP contribution >= 0.6 is 0 Å². The molecule has 1 saturated carbocycles. The van der Waals surface area contributed by atoms with E-state index in [1.165, 1.54) is 12.8 Å². The van der Waals surface area contributed by atoms with Crippen LogP contribution in [0, 0.1) is 0 Å². The molecule has 0 atom stereocenters. The van der Waals surface area contributed by atoms with Crippen LogP contribution in [0.15, 0.2) is 12.3 Å². The van der Waals surface area contributed by atoms with Crippen LogP contribution in [0.4, 0.5) is 10.7 Å². The molecule has 1 aliphatic heterocycles. The summed E-state index contributed by atoms with van der Waals surface area (Å²) in [5, 5.41) is 6.32. The summed E-state index contributed by atoms with van der Waals surface area (Å²) in [6, 6.07) is 2.07. The number of likely N-dealkylation sites (tertiary alicyclic amines) is 1. The smallest absolute Gasteiger partial charge is 0.409 e. The summed E-state index contributed by atoms with van der Waals surface area (Å²) in [5.41, 5.74) is 0.369. The highest BCUT2D eigenvalue weighted by atomic mass is 16.6. The molecule has 8 heteroatoms. The van der Waals surface area contributed by atoms with Gasteiger partial charge in [0.2, 0.25) is 5.95 Å². The molecule has 0 unspecified atom stereocenters. The Morgan fingerprint density at radius 3 is 2.62 bits per heavy atom. The standard InChI is InChI=1S/C18H27N5O3/c1-2-26-18(25)23-11-8-14(9-12-23)20-16(24)15-7-10-19-17(22-15)21-13-5-3-4-6-13/h7,10,13-14H,2-6,8-9,11-12H2,1H3,(H,20,24)(H,19,21,22). The Bertz CT molecular complexity index is 625. The van der Waals surface area contributed by atoms with Crippen molar-refractivity contribution in [2.75, 3.05) is 25.0 Å². The predicted octanol–water partition coefficient (Wildman–Crippen LogP) is 2.18. The molecule has 0 aromatic carbocycles. The van der Waals surface area contributed by atoms with E-state index < -0.39 is 0 Å². The highest BCUT2D eigenvalue weighted by Gasteiger charge is 2.25. The molecule has 1 aromatic rings. The average Bonchev–Trinajstić information content (AvgIpc) is 3.16. The Morgan fingerprint density at radius 2 is 1.92 bits per heavy atom. The first-order chi connectivity index (χ1) is 12.7. The zero-order valence-electron chi connectivity index (χ0n) is 15.2. The Morgan fingerprint density at radius 1 is 1.19 bits per heavy atom. The molecule has 8 nitrogen and oxygen atoms in total. The van der Waals surface area contributed by atoms with Gasteiger partial charge in [-0.15, -0.1) is 0 Å². The maximum absolute atomic E-state index is 12.5. The van der Waals surface area contributed by atoms with E-state index in [-0.39, 0.29) is 18.0 Å². The van der Waals surface area contributed by atoms with E-state index in [9.17, 15) is 9.59 Å². The van der Waals surface area contributed by atoms with Gasteiger partial charge in [0.15, 0.2) is 0 Å². The molecule has 0 radical (unpaired) electrons. The SMILES string of the molecule is CCOC(=O)N1CCC(NC(=O)c2ccnc(NC3CCCC3)n2)CC1. The van der Waals surface area contributed by atoms with Gasteiger partial charge in [0.05, 0.1) is 6.61 Å². The molecule has 2 heterocycles. The number of carbonyl (C=O) groups excluding carboxylic acids is 2. The molecule has 1 saturated heterocycles. The minimum absolute atomic E-state index is 0.0365. The number of anilines is 1. The fourth-order valence-electron chi connectivity index (χ4n) is 3.49. The fourth-order valence-corrected chi connectivity index (χ4v) is 3.49. The second kappa shape index (κ2) is 8.82. The summed E-state index contributed by atoms with van der Waals surface area (Å²) < 4.78 is 5.01. The van der Waals surface area contributed by atoms with Crippen LogP contribution in [0.5, 0.6) is 0 Å². The van der Waals surface area contributed by atoms with Crippen LogP contribution in [0.3, 0.4) is 0 Å². The van der Waals surface area contributed by atoms with Gasteiger partial charge in [-0.2, -0.15) is 0 Å². The number of hydrogen-bond acceptors (Lipinski definition) is 6. The number of piperidine rings is 1. The molecular formula is C18H27N5O3. The van der Waals surface area contributed by atoms with Gasteiger partial charge >= 0.3 is 6.09 Å². The summed E-state index contributed by atoms with van der Waals surface area (Å²) in [6.45, 7) is 3.34. The van der Waals surface area contributed by atoms with Crippen molar-refractivity contribution in [2.24, 2.45) is 0 Å². The lowest BCUT2D eigenvalue weighted by atomic mass is 10.1. The van der Waals surface area contributed by atoms with Gasteiger partial charge in [0, 0.05) is 31.4 Å². The van der Waals surface area contributed by atoms with E-state index in [1.807, 2.05) is 0 Å². The number of aromatic nitrogens is 2. The van der Waals surface area contributed by atoms with E-state index in [1.54, 1.807) is 24.1 Å². The van der Waals surface area contributed by atoms with E-state index in [0.29, 0.717) is 50.2 Å². The number of amides is 2.